The maximum absolute atomic E-state index is 5.83. The van der Waals surface area contributed by atoms with Gasteiger partial charge in [0.1, 0.15) is 0 Å². The van der Waals surface area contributed by atoms with Gasteiger partial charge in [-0.3, -0.25) is 0 Å². The fraction of sp³-hybridized carbons (Fsp3) is 0.600. The lowest BCUT2D eigenvalue weighted by Gasteiger charge is -2.47. The molecular formula is C15H24N2. The van der Waals surface area contributed by atoms with Crippen LogP contribution < -0.4 is 10.6 Å². The summed E-state index contributed by atoms with van der Waals surface area (Å²) in [5, 5.41) is 0. The number of nitrogens with two attached hydrogens (primary N) is 1. The van der Waals surface area contributed by atoms with Crippen molar-refractivity contribution in [1.82, 2.24) is 0 Å². The predicted molar refractivity (Wildman–Crippen MR) is 74.4 cm³/mol. The van der Waals surface area contributed by atoms with E-state index in [9.17, 15) is 0 Å². The highest BCUT2D eigenvalue weighted by molar-refractivity contribution is 5.50. The molecule has 17 heavy (non-hydrogen) atoms. The van der Waals surface area contributed by atoms with E-state index in [1.165, 1.54) is 24.1 Å². The second-order valence-corrected chi connectivity index (χ2v) is 5.90. The summed E-state index contributed by atoms with van der Waals surface area (Å²) in [6.45, 7) is 8.69. The lowest BCUT2D eigenvalue weighted by Crippen LogP contribution is -2.51. The van der Waals surface area contributed by atoms with Crippen LogP contribution in [0, 0.1) is 12.8 Å². The van der Waals surface area contributed by atoms with Crippen molar-refractivity contribution in [3.8, 4) is 0 Å². The van der Waals surface area contributed by atoms with E-state index < -0.39 is 0 Å². The van der Waals surface area contributed by atoms with Crippen LogP contribution in [0.2, 0.25) is 0 Å². The topological polar surface area (TPSA) is 29.3 Å². The van der Waals surface area contributed by atoms with Gasteiger partial charge in [0, 0.05) is 17.8 Å². The van der Waals surface area contributed by atoms with Gasteiger partial charge in [-0.25, -0.2) is 0 Å². The van der Waals surface area contributed by atoms with Crippen molar-refractivity contribution in [2.75, 3.05) is 18.0 Å². The Morgan fingerprint density at radius 1 is 1.29 bits per heavy atom. The van der Waals surface area contributed by atoms with E-state index >= 15 is 0 Å². The Morgan fingerprint density at radius 2 is 1.94 bits per heavy atom. The van der Waals surface area contributed by atoms with E-state index in [0.29, 0.717) is 5.92 Å². The molecule has 1 aliphatic rings. The quantitative estimate of drug-likeness (QED) is 0.849. The van der Waals surface area contributed by atoms with Gasteiger partial charge in [-0.05, 0) is 58.2 Å². The Hall–Kier alpha value is -1.02. The lowest BCUT2D eigenvalue weighted by atomic mass is 9.84. The number of nitrogens with zero attached hydrogens (tertiary/aromatic N) is 1. The number of piperidine rings is 1. The Kier molecular flexibility index (Phi) is 3.43. The van der Waals surface area contributed by atoms with Crippen molar-refractivity contribution in [3.05, 3.63) is 29.8 Å². The second-order valence-electron chi connectivity index (χ2n) is 5.90. The molecule has 0 radical (unpaired) electrons. The van der Waals surface area contributed by atoms with Crippen LogP contribution in [0.1, 0.15) is 32.3 Å². The Balaban J connectivity index is 2.23. The second kappa shape index (κ2) is 4.69. The maximum Gasteiger partial charge on any atom is 0.0370 e. The first kappa shape index (κ1) is 12.4. The van der Waals surface area contributed by atoms with Crippen LogP contribution in [0.5, 0.6) is 0 Å². The molecule has 1 atom stereocenters. The Labute approximate surface area is 105 Å². The average molecular weight is 232 g/mol. The molecule has 2 rings (SSSR count). The largest absolute Gasteiger partial charge is 0.366 e. The molecule has 1 saturated heterocycles. The molecule has 0 bridgehead atoms. The molecule has 0 spiro atoms. The lowest BCUT2D eigenvalue weighted by molar-refractivity contribution is 0.295. The van der Waals surface area contributed by atoms with Crippen molar-refractivity contribution >= 4 is 5.69 Å². The molecule has 0 amide bonds. The van der Waals surface area contributed by atoms with E-state index in [1.807, 2.05) is 0 Å². The molecule has 1 aromatic carbocycles. The molecule has 0 aromatic heterocycles. The van der Waals surface area contributed by atoms with E-state index in [1.54, 1.807) is 0 Å². The Bertz CT molecular complexity index is 367. The zero-order chi connectivity index (χ0) is 12.5. The molecule has 0 saturated carbocycles. The van der Waals surface area contributed by atoms with E-state index in [4.69, 9.17) is 5.73 Å². The summed E-state index contributed by atoms with van der Waals surface area (Å²) in [4.78, 5) is 2.52. The molecule has 1 unspecified atom stereocenters. The number of benzene rings is 1. The molecule has 2 nitrogen and oxygen atoms in total. The van der Waals surface area contributed by atoms with E-state index in [-0.39, 0.29) is 5.54 Å². The van der Waals surface area contributed by atoms with Crippen LogP contribution in [-0.4, -0.2) is 18.6 Å². The highest BCUT2D eigenvalue weighted by atomic mass is 15.2. The minimum Gasteiger partial charge on any atom is -0.366 e. The molecule has 0 aliphatic carbocycles. The summed E-state index contributed by atoms with van der Waals surface area (Å²) in [7, 11) is 0. The highest BCUT2D eigenvalue weighted by Crippen LogP contribution is 2.34. The third kappa shape index (κ3) is 2.63. The number of hydrogen-bond acceptors (Lipinski definition) is 2. The molecular weight excluding hydrogens is 208 g/mol. The normalized spacial score (nSPS) is 23.8. The van der Waals surface area contributed by atoms with Crippen LogP contribution in [0.15, 0.2) is 24.3 Å². The number of anilines is 1. The van der Waals surface area contributed by atoms with Crippen LogP contribution in [0.25, 0.3) is 0 Å². The fourth-order valence-electron chi connectivity index (χ4n) is 2.66. The van der Waals surface area contributed by atoms with Gasteiger partial charge in [0.2, 0.25) is 0 Å². The molecule has 1 aliphatic heterocycles. The molecule has 1 fully saturated rings. The van der Waals surface area contributed by atoms with Crippen LogP contribution in [0.3, 0.4) is 0 Å². The molecule has 2 heteroatoms. The van der Waals surface area contributed by atoms with Gasteiger partial charge in [0.25, 0.3) is 0 Å². The van der Waals surface area contributed by atoms with Gasteiger partial charge in [-0.1, -0.05) is 17.7 Å². The monoisotopic (exact) mass is 232 g/mol. The highest BCUT2D eigenvalue weighted by Gasteiger charge is 2.33. The van der Waals surface area contributed by atoms with Crippen LogP contribution in [0.4, 0.5) is 5.69 Å². The SMILES string of the molecule is Cc1ccc(N2CC(CN)CCC2(C)C)cc1. The van der Waals surface area contributed by atoms with Crippen molar-refractivity contribution in [1.29, 1.82) is 0 Å². The number of rotatable bonds is 2. The smallest absolute Gasteiger partial charge is 0.0370 e. The van der Waals surface area contributed by atoms with E-state index in [0.717, 1.165) is 13.1 Å². The van der Waals surface area contributed by atoms with Crippen LogP contribution >= 0.6 is 0 Å². The zero-order valence-corrected chi connectivity index (χ0v) is 11.2. The van der Waals surface area contributed by atoms with Crippen molar-refractivity contribution in [3.63, 3.8) is 0 Å². The zero-order valence-electron chi connectivity index (χ0n) is 11.2. The first-order chi connectivity index (χ1) is 8.03. The molecule has 2 N–H and O–H groups in total. The number of hydrogen-bond donors (Lipinski definition) is 1. The van der Waals surface area contributed by atoms with Gasteiger partial charge in [0.05, 0.1) is 0 Å². The summed E-state index contributed by atoms with van der Waals surface area (Å²) < 4.78 is 0. The summed E-state index contributed by atoms with van der Waals surface area (Å²) in [6.07, 6.45) is 2.48. The Morgan fingerprint density at radius 3 is 2.53 bits per heavy atom. The summed E-state index contributed by atoms with van der Waals surface area (Å²) in [6, 6.07) is 8.85. The fourth-order valence-corrected chi connectivity index (χ4v) is 2.66. The molecule has 1 aromatic rings. The van der Waals surface area contributed by atoms with Crippen molar-refractivity contribution < 1.29 is 0 Å². The summed E-state index contributed by atoms with van der Waals surface area (Å²) >= 11 is 0. The van der Waals surface area contributed by atoms with E-state index in [2.05, 4.69) is 49.9 Å². The average Bonchev–Trinajstić information content (AvgIpc) is 2.30. The van der Waals surface area contributed by atoms with Gasteiger partial charge in [-0.2, -0.15) is 0 Å². The predicted octanol–water partition coefficient (Wildman–Crippen LogP) is 2.95. The van der Waals surface area contributed by atoms with Crippen molar-refractivity contribution in [2.45, 2.75) is 39.2 Å². The van der Waals surface area contributed by atoms with Gasteiger partial charge >= 0.3 is 0 Å². The standard InChI is InChI=1S/C15H24N2/c1-12-4-6-14(7-5-12)17-11-13(10-16)8-9-15(17,2)3/h4-7,13H,8-11,16H2,1-3H3. The summed E-state index contributed by atoms with van der Waals surface area (Å²) in [5.41, 5.74) is 8.73. The van der Waals surface area contributed by atoms with Gasteiger partial charge in [0.15, 0.2) is 0 Å². The maximum atomic E-state index is 5.83. The molecule has 94 valence electrons. The third-order valence-electron chi connectivity index (χ3n) is 4.01. The minimum atomic E-state index is 0.251. The third-order valence-corrected chi connectivity index (χ3v) is 4.01. The van der Waals surface area contributed by atoms with Crippen LogP contribution in [-0.2, 0) is 0 Å². The number of aryl methyl sites for hydroxylation is 1. The van der Waals surface area contributed by atoms with Crippen molar-refractivity contribution in [2.24, 2.45) is 11.7 Å². The summed E-state index contributed by atoms with van der Waals surface area (Å²) in [5.74, 6) is 0.643. The first-order valence-corrected chi connectivity index (χ1v) is 6.57. The van der Waals surface area contributed by atoms with Gasteiger partial charge < -0.3 is 10.6 Å². The van der Waals surface area contributed by atoms with Gasteiger partial charge in [-0.15, -0.1) is 0 Å². The first-order valence-electron chi connectivity index (χ1n) is 6.57. The minimum absolute atomic E-state index is 0.251. The molecule has 1 heterocycles.